The summed E-state index contributed by atoms with van der Waals surface area (Å²) in [5.74, 6) is 1.26. The van der Waals surface area contributed by atoms with Gasteiger partial charge in [0.1, 0.15) is 5.75 Å². The first-order chi connectivity index (χ1) is 16.8. The van der Waals surface area contributed by atoms with Crippen LogP contribution in [0.5, 0.6) is 17.2 Å². The minimum atomic E-state index is -3.64. The molecule has 0 saturated heterocycles. The highest BCUT2D eigenvalue weighted by atomic mass is 32.2. The summed E-state index contributed by atoms with van der Waals surface area (Å²) in [6.07, 6.45) is 0.595. The molecule has 3 aromatic carbocycles. The predicted molar refractivity (Wildman–Crippen MR) is 133 cm³/mol. The van der Waals surface area contributed by atoms with E-state index in [1.54, 1.807) is 26.4 Å². The van der Waals surface area contributed by atoms with E-state index < -0.39 is 10.0 Å². The van der Waals surface area contributed by atoms with Crippen LogP contribution in [-0.4, -0.2) is 41.7 Å². The van der Waals surface area contributed by atoms with Crippen molar-refractivity contribution >= 4 is 15.9 Å². The van der Waals surface area contributed by atoms with Crippen molar-refractivity contribution in [3.05, 3.63) is 83.9 Å². The van der Waals surface area contributed by atoms with E-state index in [2.05, 4.69) is 10.0 Å². The summed E-state index contributed by atoms with van der Waals surface area (Å²) >= 11 is 0. The van der Waals surface area contributed by atoms with Crippen molar-refractivity contribution in [3.63, 3.8) is 0 Å². The number of rotatable bonds is 12. The number of sulfonamides is 1. The standard InChI is InChI=1S/C26H30N2O6S/c1-19(21-9-14-24(32-2)25(17-21)33-3)28-26(29)18-34-22-10-12-23(13-11-22)35(30,31)27-16-15-20-7-5-4-6-8-20/h4-14,17,19,27H,15-16,18H2,1-3H3,(H,28,29)/t19-/m1/s1. The van der Waals surface area contributed by atoms with Gasteiger partial charge in [0, 0.05) is 6.54 Å². The molecular weight excluding hydrogens is 468 g/mol. The van der Waals surface area contributed by atoms with E-state index >= 15 is 0 Å². The van der Waals surface area contributed by atoms with Crippen molar-refractivity contribution in [2.45, 2.75) is 24.3 Å². The van der Waals surface area contributed by atoms with Crippen LogP contribution in [-0.2, 0) is 21.2 Å². The van der Waals surface area contributed by atoms with Gasteiger partial charge in [-0.2, -0.15) is 0 Å². The van der Waals surface area contributed by atoms with Gasteiger partial charge < -0.3 is 19.5 Å². The Kier molecular flexibility index (Phi) is 9.11. The van der Waals surface area contributed by atoms with Crippen molar-refractivity contribution in [1.29, 1.82) is 0 Å². The number of carbonyl (C=O) groups is 1. The van der Waals surface area contributed by atoms with Crippen LogP contribution in [0.25, 0.3) is 0 Å². The van der Waals surface area contributed by atoms with Gasteiger partial charge in [-0.05, 0) is 60.9 Å². The number of hydrogen-bond donors (Lipinski definition) is 2. The maximum absolute atomic E-state index is 12.5. The molecule has 1 amide bonds. The Hall–Kier alpha value is -3.56. The second-order valence-electron chi connectivity index (χ2n) is 7.80. The first kappa shape index (κ1) is 26.1. The lowest BCUT2D eigenvalue weighted by Crippen LogP contribution is -2.31. The molecule has 0 unspecified atom stereocenters. The summed E-state index contributed by atoms with van der Waals surface area (Å²) in [6, 6.07) is 20.7. The van der Waals surface area contributed by atoms with E-state index in [-0.39, 0.29) is 23.5 Å². The number of ether oxygens (including phenoxy) is 3. The van der Waals surface area contributed by atoms with Crippen molar-refractivity contribution in [2.24, 2.45) is 0 Å². The highest BCUT2D eigenvalue weighted by Crippen LogP contribution is 2.29. The molecule has 0 aliphatic rings. The van der Waals surface area contributed by atoms with Crippen molar-refractivity contribution in [2.75, 3.05) is 27.4 Å². The summed E-state index contributed by atoms with van der Waals surface area (Å²) in [5.41, 5.74) is 1.91. The Morgan fingerprint density at radius 2 is 1.60 bits per heavy atom. The fourth-order valence-electron chi connectivity index (χ4n) is 3.41. The lowest BCUT2D eigenvalue weighted by Gasteiger charge is -2.17. The van der Waals surface area contributed by atoms with E-state index in [4.69, 9.17) is 14.2 Å². The molecule has 8 nitrogen and oxygen atoms in total. The quantitative estimate of drug-likeness (QED) is 0.396. The fourth-order valence-corrected chi connectivity index (χ4v) is 4.44. The van der Waals surface area contributed by atoms with Gasteiger partial charge in [-0.25, -0.2) is 13.1 Å². The van der Waals surface area contributed by atoms with E-state index in [1.165, 1.54) is 24.3 Å². The molecule has 3 aromatic rings. The van der Waals surface area contributed by atoms with Crippen LogP contribution in [0.4, 0.5) is 0 Å². The van der Waals surface area contributed by atoms with Gasteiger partial charge in [0.2, 0.25) is 10.0 Å². The highest BCUT2D eigenvalue weighted by molar-refractivity contribution is 7.89. The zero-order valence-corrected chi connectivity index (χ0v) is 20.8. The van der Waals surface area contributed by atoms with Crippen LogP contribution in [0.15, 0.2) is 77.7 Å². The van der Waals surface area contributed by atoms with Gasteiger partial charge in [0.15, 0.2) is 18.1 Å². The van der Waals surface area contributed by atoms with E-state index in [9.17, 15) is 13.2 Å². The molecule has 0 aliphatic carbocycles. The largest absolute Gasteiger partial charge is 0.493 e. The number of nitrogens with one attached hydrogen (secondary N) is 2. The van der Waals surface area contributed by atoms with Crippen LogP contribution < -0.4 is 24.2 Å². The lowest BCUT2D eigenvalue weighted by molar-refractivity contribution is -0.123. The summed E-state index contributed by atoms with van der Waals surface area (Å²) in [5, 5.41) is 2.86. The maximum Gasteiger partial charge on any atom is 0.258 e. The normalized spacial score (nSPS) is 12.0. The number of amides is 1. The van der Waals surface area contributed by atoms with Gasteiger partial charge >= 0.3 is 0 Å². The smallest absolute Gasteiger partial charge is 0.258 e. The molecule has 186 valence electrons. The molecule has 0 radical (unpaired) electrons. The summed E-state index contributed by atoms with van der Waals surface area (Å²) in [7, 11) is -0.528. The van der Waals surface area contributed by atoms with Gasteiger partial charge in [-0.3, -0.25) is 4.79 Å². The molecule has 0 heterocycles. The first-order valence-corrected chi connectivity index (χ1v) is 12.6. The van der Waals surface area contributed by atoms with E-state index in [0.29, 0.717) is 30.2 Å². The molecule has 0 saturated carbocycles. The molecule has 0 aromatic heterocycles. The minimum absolute atomic E-state index is 0.129. The third-order valence-electron chi connectivity index (χ3n) is 5.34. The predicted octanol–water partition coefficient (Wildman–Crippen LogP) is 3.48. The topological polar surface area (TPSA) is 103 Å². The zero-order valence-electron chi connectivity index (χ0n) is 20.0. The number of hydrogen-bond acceptors (Lipinski definition) is 6. The maximum atomic E-state index is 12.5. The van der Waals surface area contributed by atoms with Crippen LogP contribution in [0, 0.1) is 0 Å². The third-order valence-corrected chi connectivity index (χ3v) is 6.81. The molecule has 0 bridgehead atoms. The average Bonchev–Trinajstić information content (AvgIpc) is 2.87. The molecule has 0 spiro atoms. The summed E-state index contributed by atoms with van der Waals surface area (Å²) in [6.45, 7) is 1.94. The minimum Gasteiger partial charge on any atom is -0.493 e. The Morgan fingerprint density at radius 3 is 2.26 bits per heavy atom. The number of carbonyl (C=O) groups excluding carboxylic acids is 1. The number of benzene rings is 3. The fraction of sp³-hybridized carbons (Fsp3) is 0.269. The van der Waals surface area contributed by atoms with Gasteiger partial charge in [-0.1, -0.05) is 36.4 Å². The third kappa shape index (κ3) is 7.46. The van der Waals surface area contributed by atoms with Gasteiger partial charge in [0.25, 0.3) is 5.91 Å². The average molecular weight is 499 g/mol. The lowest BCUT2D eigenvalue weighted by atomic mass is 10.1. The molecule has 2 N–H and O–H groups in total. The van der Waals surface area contributed by atoms with Crippen molar-refractivity contribution in [3.8, 4) is 17.2 Å². The molecule has 3 rings (SSSR count). The van der Waals surface area contributed by atoms with Gasteiger partial charge in [0.05, 0.1) is 25.2 Å². The Labute approximate surface area is 206 Å². The van der Waals surface area contributed by atoms with E-state index in [0.717, 1.165) is 11.1 Å². The number of methoxy groups -OCH3 is 2. The highest BCUT2D eigenvalue weighted by Gasteiger charge is 2.15. The molecule has 0 aliphatic heterocycles. The second kappa shape index (κ2) is 12.2. The van der Waals surface area contributed by atoms with Gasteiger partial charge in [-0.15, -0.1) is 0 Å². The SMILES string of the molecule is COc1ccc([C@@H](C)NC(=O)COc2ccc(S(=O)(=O)NCCc3ccccc3)cc2)cc1OC. The summed E-state index contributed by atoms with van der Waals surface area (Å²) in [4.78, 5) is 12.5. The first-order valence-electron chi connectivity index (χ1n) is 11.1. The Morgan fingerprint density at radius 1 is 0.914 bits per heavy atom. The second-order valence-corrected chi connectivity index (χ2v) is 9.56. The van der Waals surface area contributed by atoms with Crippen LogP contribution in [0.1, 0.15) is 24.1 Å². The van der Waals surface area contributed by atoms with Crippen LogP contribution in [0.3, 0.4) is 0 Å². The molecule has 9 heteroatoms. The zero-order chi connectivity index (χ0) is 25.3. The summed E-state index contributed by atoms with van der Waals surface area (Å²) < 4.78 is 43.7. The van der Waals surface area contributed by atoms with Crippen LogP contribution in [0.2, 0.25) is 0 Å². The van der Waals surface area contributed by atoms with Crippen molar-refractivity contribution in [1.82, 2.24) is 10.0 Å². The molecule has 1 atom stereocenters. The van der Waals surface area contributed by atoms with Crippen LogP contribution >= 0.6 is 0 Å². The molecular formula is C26H30N2O6S. The molecule has 0 fully saturated rings. The monoisotopic (exact) mass is 498 g/mol. The Bertz CT molecular complexity index is 1210. The van der Waals surface area contributed by atoms with Crippen molar-refractivity contribution < 1.29 is 27.4 Å². The Balaban J connectivity index is 1.49. The molecule has 35 heavy (non-hydrogen) atoms. The van der Waals surface area contributed by atoms with E-state index in [1.807, 2.05) is 43.3 Å².